The molecule has 0 saturated carbocycles. The van der Waals surface area contributed by atoms with Gasteiger partial charge in [-0.25, -0.2) is 0 Å². The Morgan fingerprint density at radius 2 is 1.81 bits per heavy atom. The van der Waals surface area contributed by atoms with E-state index >= 15 is 0 Å². The maximum Gasteiger partial charge on any atom is 0.0521 e. The van der Waals surface area contributed by atoms with Gasteiger partial charge in [0.05, 0.1) is 6.20 Å². The molecule has 0 amide bonds. The molecule has 0 unspecified atom stereocenters. The van der Waals surface area contributed by atoms with Crippen molar-refractivity contribution in [2.45, 2.75) is 39.5 Å². The molecule has 88 valence electrons. The largest absolute Gasteiger partial charge is 0.285 e. The SMILES string of the molecule is CC(C)c1ccn[nH]1.CC(C)c1cn[nH]c1. The molecule has 16 heavy (non-hydrogen) atoms. The Hall–Kier alpha value is -1.58. The fraction of sp³-hybridized carbons (Fsp3) is 0.500. The lowest BCUT2D eigenvalue weighted by Gasteiger charge is -1.95. The fourth-order valence-corrected chi connectivity index (χ4v) is 1.16. The molecule has 2 aromatic rings. The molecule has 4 nitrogen and oxygen atoms in total. The Labute approximate surface area is 96.5 Å². The highest BCUT2D eigenvalue weighted by atomic mass is 15.1. The third-order valence-electron chi connectivity index (χ3n) is 2.33. The highest BCUT2D eigenvalue weighted by Gasteiger charge is 1.96. The maximum atomic E-state index is 3.82. The first kappa shape index (κ1) is 12.5. The van der Waals surface area contributed by atoms with Crippen LogP contribution < -0.4 is 0 Å². The second-order valence-electron chi connectivity index (χ2n) is 4.35. The van der Waals surface area contributed by atoms with Crippen molar-refractivity contribution in [2.24, 2.45) is 0 Å². The summed E-state index contributed by atoms with van der Waals surface area (Å²) < 4.78 is 0. The zero-order valence-electron chi connectivity index (χ0n) is 10.4. The number of aromatic nitrogens is 4. The van der Waals surface area contributed by atoms with E-state index in [4.69, 9.17) is 0 Å². The number of hydrogen-bond acceptors (Lipinski definition) is 2. The molecule has 0 aliphatic rings. The molecule has 0 bridgehead atoms. The maximum absolute atomic E-state index is 3.82. The molecule has 0 atom stereocenters. The van der Waals surface area contributed by atoms with Crippen molar-refractivity contribution in [1.29, 1.82) is 0 Å². The minimum Gasteiger partial charge on any atom is -0.285 e. The Morgan fingerprint density at radius 3 is 2.06 bits per heavy atom. The van der Waals surface area contributed by atoms with Crippen LogP contribution in [-0.4, -0.2) is 20.4 Å². The van der Waals surface area contributed by atoms with Crippen molar-refractivity contribution in [3.05, 3.63) is 35.9 Å². The second kappa shape index (κ2) is 6.10. The summed E-state index contributed by atoms with van der Waals surface area (Å²) in [6.07, 6.45) is 5.55. The first-order valence-electron chi connectivity index (χ1n) is 5.59. The van der Waals surface area contributed by atoms with Gasteiger partial charge in [0, 0.05) is 18.1 Å². The normalized spacial score (nSPS) is 10.4. The van der Waals surface area contributed by atoms with E-state index in [1.807, 2.05) is 18.5 Å². The van der Waals surface area contributed by atoms with Crippen LogP contribution in [0.5, 0.6) is 0 Å². The molecule has 2 rings (SSSR count). The summed E-state index contributed by atoms with van der Waals surface area (Å²) in [5, 5.41) is 13.3. The topological polar surface area (TPSA) is 57.4 Å². The lowest BCUT2D eigenvalue weighted by molar-refractivity contribution is 0.810. The van der Waals surface area contributed by atoms with Gasteiger partial charge in [0.1, 0.15) is 0 Å². The van der Waals surface area contributed by atoms with Gasteiger partial charge in [-0.3, -0.25) is 10.2 Å². The van der Waals surface area contributed by atoms with Crippen LogP contribution in [0.15, 0.2) is 24.7 Å². The lowest BCUT2D eigenvalue weighted by Crippen LogP contribution is -1.85. The van der Waals surface area contributed by atoms with Crippen LogP contribution in [0.1, 0.15) is 50.8 Å². The minimum atomic E-state index is 0.567. The molecule has 0 aliphatic carbocycles. The number of hydrogen-bond donors (Lipinski definition) is 2. The first-order valence-corrected chi connectivity index (χ1v) is 5.59. The van der Waals surface area contributed by atoms with E-state index in [9.17, 15) is 0 Å². The molecular formula is C12H20N4. The van der Waals surface area contributed by atoms with E-state index in [-0.39, 0.29) is 0 Å². The number of nitrogens with one attached hydrogen (secondary N) is 2. The van der Waals surface area contributed by atoms with Gasteiger partial charge in [-0.2, -0.15) is 10.2 Å². The zero-order valence-corrected chi connectivity index (χ0v) is 10.4. The third-order valence-corrected chi connectivity index (χ3v) is 2.33. The number of aromatic amines is 2. The van der Waals surface area contributed by atoms with E-state index in [0.29, 0.717) is 11.8 Å². The summed E-state index contributed by atoms with van der Waals surface area (Å²) in [5.74, 6) is 1.16. The highest BCUT2D eigenvalue weighted by molar-refractivity contribution is 5.06. The quantitative estimate of drug-likeness (QED) is 0.817. The minimum absolute atomic E-state index is 0.567. The smallest absolute Gasteiger partial charge is 0.0521 e. The summed E-state index contributed by atoms with van der Waals surface area (Å²) in [6.45, 7) is 8.55. The number of H-pyrrole nitrogens is 2. The summed E-state index contributed by atoms with van der Waals surface area (Å²) in [7, 11) is 0. The predicted octanol–water partition coefficient (Wildman–Crippen LogP) is 3.07. The Bertz CT molecular complexity index is 321. The number of nitrogens with zero attached hydrogens (tertiary/aromatic N) is 2. The molecule has 2 aromatic heterocycles. The Morgan fingerprint density at radius 1 is 1.06 bits per heavy atom. The van der Waals surface area contributed by atoms with Crippen LogP contribution in [0, 0.1) is 0 Å². The third kappa shape index (κ3) is 3.88. The van der Waals surface area contributed by atoms with Gasteiger partial charge in [-0.05, 0) is 23.5 Å². The van der Waals surface area contributed by atoms with Crippen LogP contribution in [0.3, 0.4) is 0 Å². The van der Waals surface area contributed by atoms with E-state index < -0.39 is 0 Å². The summed E-state index contributed by atoms with van der Waals surface area (Å²) >= 11 is 0. The molecule has 0 spiro atoms. The van der Waals surface area contributed by atoms with Gasteiger partial charge < -0.3 is 0 Å². The lowest BCUT2D eigenvalue weighted by atomic mass is 10.1. The van der Waals surface area contributed by atoms with E-state index in [1.54, 1.807) is 6.20 Å². The molecule has 0 fully saturated rings. The summed E-state index contributed by atoms with van der Waals surface area (Å²) in [6, 6.07) is 1.99. The Balaban J connectivity index is 0.000000160. The van der Waals surface area contributed by atoms with Crippen molar-refractivity contribution in [3.63, 3.8) is 0 Å². The highest BCUT2D eigenvalue weighted by Crippen LogP contribution is 2.09. The van der Waals surface area contributed by atoms with Crippen LogP contribution in [0.4, 0.5) is 0 Å². The van der Waals surface area contributed by atoms with E-state index in [0.717, 1.165) is 0 Å². The Kier molecular flexibility index (Phi) is 4.76. The predicted molar refractivity (Wildman–Crippen MR) is 65.4 cm³/mol. The molecule has 2 heterocycles. The summed E-state index contributed by atoms with van der Waals surface area (Å²) in [5.41, 5.74) is 2.47. The fourth-order valence-electron chi connectivity index (χ4n) is 1.16. The van der Waals surface area contributed by atoms with Gasteiger partial charge in [0.15, 0.2) is 0 Å². The van der Waals surface area contributed by atoms with Crippen LogP contribution >= 0.6 is 0 Å². The molecule has 2 N–H and O–H groups in total. The van der Waals surface area contributed by atoms with Crippen molar-refractivity contribution in [2.75, 3.05) is 0 Å². The standard InChI is InChI=1S/2C6H10N2/c1-5(2)6-3-7-8-4-6;1-5(2)6-3-4-7-8-6/h2*3-5H,1-2H3,(H,7,8). The molecule has 0 aliphatic heterocycles. The monoisotopic (exact) mass is 220 g/mol. The van der Waals surface area contributed by atoms with Crippen LogP contribution in [0.25, 0.3) is 0 Å². The average Bonchev–Trinajstić information content (AvgIpc) is 2.93. The van der Waals surface area contributed by atoms with Crippen molar-refractivity contribution >= 4 is 0 Å². The molecule has 0 aromatic carbocycles. The van der Waals surface area contributed by atoms with Gasteiger partial charge in [0.25, 0.3) is 0 Å². The van der Waals surface area contributed by atoms with Gasteiger partial charge >= 0.3 is 0 Å². The van der Waals surface area contributed by atoms with Crippen LogP contribution in [0.2, 0.25) is 0 Å². The molecule has 0 radical (unpaired) electrons. The van der Waals surface area contributed by atoms with E-state index in [1.165, 1.54) is 11.3 Å². The second-order valence-corrected chi connectivity index (χ2v) is 4.35. The van der Waals surface area contributed by atoms with Crippen molar-refractivity contribution in [1.82, 2.24) is 20.4 Å². The molecular weight excluding hydrogens is 200 g/mol. The van der Waals surface area contributed by atoms with Gasteiger partial charge in [0.2, 0.25) is 0 Å². The molecule has 4 heteroatoms. The summed E-state index contributed by atoms with van der Waals surface area (Å²) in [4.78, 5) is 0. The van der Waals surface area contributed by atoms with Crippen LogP contribution in [-0.2, 0) is 0 Å². The first-order chi connectivity index (χ1) is 7.61. The molecule has 0 saturated heterocycles. The average molecular weight is 220 g/mol. The van der Waals surface area contributed by atoms with E-state index in [2.05, 4.69) is 48.1 Å². The van der Waals surface area contributed by atoms with Crippen molar-refractivity contribution in [3.8, 4) is 0 Å². The number of rotatable bonds is 2. The van der Waals surface area contributed by atoms with Crippen molar-refractivity contribution < 1.29 is 0 Å². The van der Waals surface area contributed by atoms with Gasteiger partial charge in [-0.1, -0.05) is 27.7 Å². The zero-order chi connectivity index (χ0) is 12.0. The van der Waals surface area contributed by atoms with Gasteiger partial charge in [-0.15, -0.1) is 0 Å².